The van der Waals surface area contributed by atoms with Crippen LogP contribution >= 0.6 is 12.4 Å². The van der Waals surface area contributed by atoms with Crippen LogP contribution in [0.2, 0.25) is 0 Å². The van der Waals surface area contributed by atoms with Crippen LogP contribution in [0.25, 0.3) is 0 Å². The molecule has 2 atom stereocenters. The molecule has 0 spiro atoms. The molecule has 0 radical (unpaired) electrons. The largest absolute Gasteiger partial charge is 0.481 e. The molecule has 1 unspecified atom stereocenters. The lowest BCUT2D eigenvalue weighted by Crippen LogP contribution is -2.39. The lowest BCUT2D eigenvalue weighted by atomic mass is 10.0. The fourth-order valence-electron chi connectivity index (χ4n) is 3.33. The second-order valence-electron chi connectivity index (χ2n) is 7.22. The van der Waals surface area contributed by atoms with Gasteiger partial charge in [-0.2, -0.15) is 0 Å². The van der Waals surface area contributed by atoms with Gasteiger partial charge in [-0.15, -0.1) is 12.4 Å². The Bertz CT molecular complexity index is 948. The highest BCUT2D eigenvalue weighted by Crippen LogP contribution is 2.19. The van der Waals surface area contributed by atoms with Crippen molar-refractivity contribution in [3.8, 4) is 0 Å². The van der Waals surface area contributed by atoms with Gasteiger partial charge in [0.05, 0.1) is 18.6 Å². The number of aliphatic carboxylic acids is 1. The van der Waals surface area contributed by atoms with E-state index in [-0.39, 0.29) is 37.0 Å². The summed E-state index contributed by atoms with van der Waals surface area (Å²) in [5.41, 5.74) is 8.60. The van der Waals surface area contributed by atoms with Crippen LogP contribution < -0.4 is 11.1 Å². The number of carboxylic acids is 1. The maximum atomic E-state index is 12.5. The zero-order valence-electron chi connectivity index (χ0n) is 16.8. The average molecular weight is 445 g/mol. The van der Waals surface area contributed by atoms with Crippen LogP contribution in [0, 0.1) is 5.41 Å². The van der Waals surface area contributed by atoms with Gasteiger partial charge in [0.2, 0.25) is 5.91 Å². The first-order chi connectivity index (χ1) is 14.4. The van der Waals surface area contributed by atoms with Crippen LogP contribution in [0.15, 0.2) is 59.8 Å². The van der Waals surface area contributed by atoms with Crippen LogP contribution in [0.3, 0.4) is 0 Å². The Labute approximate surface area is 186 Å². The molecule has 1 aliphatic rings. The van der Waals surface area contributed by atoms with E-state index >= 15 is 0 Å². The summed E-state index contributed by atoms with van der Waals surface area (Å²) in [5.74, 6) is -1.24. The van der Waals surface area contributed by atoms with E-state index in [1.165, 1.54) is 0 Å². The fourth-order valence-corrected chi connectivity index (χ4v) is 3.33. The van der Waals surface area contributed by atoms with Gasteiger partial charge in [-0.25, -0.2) is 0 Å². The second kappa shape index (κ2) is 11.1. The molecule has 0 fully saturated rings. The third-order valence-corrected chi connectivity index (χ3v) is 4.79. The van der Waals surface area contributed by atoms with E-state index in [9.17, 15) is 9.59 Å². The molecule has 2 aromatic carbocycles. The Hall–Kier alpha value is -3.39. The van der Waals surface area contributed by atoms with Gasteiger partial charge in [-0.1, -0.05) is 59.8 Å². The summed E-state index contributed by atoms with van der Waals surface area (Å²) in [6.07, 6.45) is 0.429. The lowest BCUT2D eigenvalue weighted by Gasteiger charge is -2.18. The minimum atomic E-state index is -0.965. The standard InChI is InChI=1S/C22H24N4O4.ClH/c23-22(24)16-8-6-15(7-9-16)19-12-18(30-26-19)13-20(27)25-17(11-21(28)29)10-14-4-2-1-3-5-14;/h1-9,17-18H,10-13H2,(H3,23,24)(H,25,27)(H,28,29);1H/t17-,18?;/m0./s1. The minimum absolute atomic E-state index is 0. The van der Waals surface area contributed by atoms with Crippen LogP contribution in [-0.2, 0) is 20.8 Å². The molecule has 1 amide bonds. The molecule has 9 heteroatoms. The zero-order valence-corrected chi connectivity index (χ0v) is 17.6. The van der Waals surface area contributed by atoms with Crippen molar-refractivity contribution in [2.75, 3.05) is 0 Å². The van der Waals surface area contributed by atoms with Gasteiger partial charge < -0.3 is 21.0 Å². The molecule has 5 N–H and O–H groups in total. The number of amides is 1. The first-order valence-corrected chi connectivity index (χ1v) is 9.63. The average Bonchev–Trinajstić information content (AvgIpc) is 3.16. The molecule has 0 bridgehead atoms. The third-order valence-electron chi connectivity index (χ3n) is 4.79. The minimum Gasteiger partial charge on any atom is -0.481 e. The number of rotatable bonds is 9. The number of carboxylic acid groups (broad SMARTS) is 1. The summed E-state index contributed by atoms with van der Waals surface area (Å²) in [7, 11) is 0. The second-order valence-corrected chi connectivity index (χ2v) is 7.22. The Morgan fingerprint density at radius 3 is 2.48 bits per heavy atom. The van der Waals surface area contributed by atoms with Gasteiger partial charge in [-0.3, -0.25) is 15.0 Å². The van der Waals surface area contributed by atoms with Crippen LogP contribution in [0.5, 0.6) is 0 Å². The number of nitrogens with two attached hydrogens (primary N) is 1. The SMILES string of the molecule is Cl.N=C(N)c1ccc(C2=NOC(CC(=O)N[C@H](CC(=O)O)Cc3ccccc3)C2)cc1. The Kier molecular flexibility index (Phi) is 8.57. The van der Waals surface area contributed by atoms with Gasteiger partial charge >= 0.3 is 5.97 Å². The van der Waals surface area contributed by atoms with Crippen LogP contribution in [0.1, 0.15) is 36.0 Å². The number of hydrogen-bond donors (Lipinski definition) is 4. The monoisotopic (exact) mass is 444 g/mol. The van der Waals surface area contributed by atoms with E-state index in [0.717, 1.165) is 11.1 Å². The molecule has 31 heavy (non-hydrogen) atoms. The van der Waals surface area contributed by atoms with E-state index < -0.39 is 18.1 Å². The molecule has 0 aromatic heterocycles. The summed E-state index contributed by atoms with van der Waals surface area (Å²) in [5, 5.41) is 23.5. The number of nitrogens with zero attached hydrogens (tertiary/aromatic N) is 1. The molecule has 164 valence electrons. The fraction of sp³-hybridized carbons (Fsp3) is 0.273. The van der Waals surface area contributed by atoms with E-state index in [0.29, 0.717) is 24.1 Å². The Morgan fingerprint density at radius 2 is 1.87 bits per heavy atom. The molecule has 0 saturated heterocycles. The highest BCUT2D eigenvalue weighted by molar-refractivity contribution is 6.02. The zero-order chi connectivity index (χ0) is 21.5. The predicted molar refractivity (Wildman–Crippen MR) is 120 cm³/mol. The highest BCUT2D eigenvalue weighted by atomic mass is 35.5. The van der Waals surface area contributed by atoms with E-state index in [1.54, 1.807) is 12.1 Å². The summed E-state index contributed by atoms with van der Waals surface area (Å²) in [6.45, 7) is 0. The van der Waals surface area contributed by atoms with Crippen molar-refractivity contribution in [1.82, 2.24) is 5.32 Å². The van der Waals surface area contributed by atoms with Crippen molar-refractivity contribution < 1.29 is 19.5 Å². The van der Waals surface area contributed by atoms with Crippen molar-refractivity contribution >= 4 is 35.8 Å². The highest BCUT2D eigenvalue weighted by Gasteiger charge is 2.26. The van der Waals surface area contributed by atoms with Gasteiger partial charge in [-0.05, 0) is 17.5 Å². The number of hydrogen-bond acceptors (Lipinski definition) is 5. The van der Waals surface area contributed by atoms with Crippen molar-refractivity contribution in [3.63, 3.8) is 0 Å². The quantitative estimate of drug-likeness (QED) is 0.347. The number of nitrogens with one attached hydrogen (secondary N) is 2. The van der Waals surface area contributed by atoms with Crippen molar-refractivity contribution in [3.05, 3.63) is 71.3 Å². The first-order valence-electron chi connectivity index (χ1n) is 9.63. The number of halogens is 1. The van der Waals surface area contributed by atoms with Crippen molar-refractivity contribution in [2.45, 2.75) is 37.8 Å². The maximum Gasteiger partial charge on any atom is 0.305 e. The molecule has 8 nitrogen and oxygen atoms in total. The topological polar surface area (TPSA) is 138 Å². The van der Waals surface area contributed by atoms with E-state index in [1.807, 2.05) is 42.5 Å². The summed E-state index contributed by atoms with van der Waals surface area (Å²) in [4.78, 5) is 29.0. The van der Waals surface area contributed by atoms with Crippen molar-refractivity contribution in [2.24, 2.45) is 10.9 Å². The third kappa shape index (κ3) is 7.11. The number of carbonyl (C=O) groups excluding carboxylic acids is 1. The molecule has 3 rings (SSSR count). The van der Waals surface area contributed by atoms with Gasteiger partial charge in [0.25, 0.3) is 0 Å². The maximum absolute atomic E-state index is 12.5. The van der Waals surface area contributed by atoms with E-state index in [4.69, 9.17) is 21.1 Å². The molecule has 1 heterocycles. The van der Waals surface area contributed by atoms with Gasteiger partial charge in [0.15, 0.2) is 0 Å². The smallest absolute Gasteiger partial charge is 0.305 e. The summed E-state index contributed by atoms with van der Waals surface area (Å²) in [6, 6.07) is 16.0. The molecular formula is C22H25ClN4O4. The van der Waals surface area contributed by atoms with Gasteiger partial charge in [0, 0.05) is 18.0 Å². The number of nitrogen functional groups attached to an aromatic ring is 1. The summed E-state index contributed by atoms with van der Waals surface area (Å²) >= 11 is 0. The molecule has 0 saturated carbocycles. The van der Waals surface area contributed by atoms with Crippen LogP contribution in [-0.4, -0.2) is 40.7 Å². The predicted octanol–water partition coefficient (Wildman–Crippen LogP) is 2.48. The van der Waals surface area contributed by atoms with Crippen molar-refractivity contribution in [1.29, 1.82) is 5.41 Å². The Balaban J connectivity index is 0.00000341. The van der Waals surface area contributed by atoms with Gasteiger partial charge in [0.1, 0.15) is 11.9 Å². The normalized spacial score (nSPS) is 15.7. The Morgan fingerprint density at radius 1 is 1.19 bits per heavy atom. The summed E-state index contributed by atoms with van der Waals surface area (Å²) < 4.78 is 0. The number of oxime groups is 1. The van der Waals surface area contributed by atoms with Crippen LogP contribution in [0.4, 0.5) is 0 Å². The van der Waals surface area contributed by atoms with E-state index in [2.05, 4.69) is 10.5 Å². The first kappa shape index (κ1) is 23.9. The number of carbonyl (C=O) groups is 2. The molecule has 0 aliphatic carbocycles. The number of amidine groups is 1. The molecule has 1 aliphatic heterocycles. The molecular weight excluding hydrogens is 420 g/mol. The number of benzene rings is 2. The lowest BCUT2D eigenvalue weighted by molar-refractivity contribution is -0.137. The molecule has 2 aromatic rings.